The fourth-order valence-corrected chi connectivity index (χ4v) is 1.79. The molecule has 78 valence electrons. The second-order valence-corrected chi connectivity index (χ2v) is 4.15. The molecular formula is C12H17ClO. The standard InChI is InChI=1S/C12H17ClO/c1-9-6-10(2)8-11(7-9)12(14)4-3-5-13/h6-8,12,14H,3-5H2,1-2H3. The molecule has 1 atom stereocenters. The van der Waals surface area contributed by atoms with E-state index >= 15 is 0 Å². The third kappa shape index (κ3) is 3.32. The van der Waals surface area contributed by atoms with E-state index in [9.17, 15) is 5.11 Å². The SMILES string of the molecule is Cc1cc(C)cc(C(O)CCCCl)c1. The van der Waals surface area contributed by atoms with Gasteiger partial charge in [0.1, 0.15) is 0 Å². The Labute approximate surface area is 90.7 Å². The molecule has 1 rings (SSSR count). The minimum absolute atomic E-state index is 0.368. The van der Waals surface area contributed by atoms with Gasteiger partial charge in [-0.3, -0.25) is 0 Å². The third-order valence-corrected chi connectivity index (χ3v) is 2.51. The molecule has 1 unspecified atom stereocenters. The number of hydrogen-bond acceptors (Lipinski definition) is 1. The molecule has 0 amide bonds. The van der Waals surface area contributed by atoms with Crippen molar-refractivity contribution in [2.24, 2.45) is 0 Å². The van der Waals surface area contributed by atoms with Crippen molar-refractivity contribution in [2.75, 3.05) is 5.88 Å². The molecule has 1 N–H and O–H groups in total. The zero-order chi connectivity index (χ0) is 10.6. The van der Waals surface area contributed by atoms with Gasteiger partial charge in [0.05, 0.1) is 6.10 Å². The van der Waals surface area contributed by atoms with Gasteiger partial charge in [-0.1, -0.05) is 29.3 Å². The summed E-state index contributed by atoms with van der Waals surface area (Å²) in [7, 11) is 0. The average molecular weight is 213 g/mol. The Morgan fingerprint density at radius 1 is 1.21 bits per heavy atom. The summed E-state index contributed by atoms with van der Waals surface area (Å²) in [6.07, 6.45) is 1.23. The van der Waals surface area contributed by atoms with Crippen LogP contribution >= 0.6 is 11.6 Å². The number of halogens is 1. The van der Waals surface area contributed by atoms with Gasteiger partial charge in [0, 0.05) is 5.88 Å². The summed E-state index contributed by atoms with van der Waals surface area (Å²) in [5.74, 6) is 0.613. The first-order valence-electron chi connectivity index (χ1n) is 4.95. The van der Waals surface area contributed by atoms with Crippen LogP contribution in [-0.4, -0.2) is 11.0 Å². The van der Waals surface area contributed by atoms with Gasteiger partial charge in [-0.05, 0) is 32.3 Å². The van der Waals surface area contributed by atoms with E-state index in [-0.39, 0.29) is 6.10 Å². The Morgan fingerprint density at radius 3 is 2.29 bits per heavy atom. The molecule has 1 aromatic carbocycles. The van der Waals surface area contributed by atoms with Crippen molar-refractivity contribution in [2.45, 2.75) is 32.8 Å². The Balaban J connectivity index is 2.73. The number of aliphatic hydroxyl groups excluding tert-OH is 1. The van der Waals surface area contributed by atoms with Crippen molar-refractivity contribution >= 4 is 11.6 Å². The van der Waals surface area contributed by atoms with Crippen LogP contribution in [0.2, 0.25) is 0 Å². The maximum absolute atomic E-state index is 9.84. The second kappa shape index (κ2) is 5.38. The maximum atomic E-state index is 9.84. The van der Waals surface area contributed by atoms with E-state index in [1.54, 1.807) is 0 Å². The quantitative estimate of drug-likeness (QED) is 0.759. The van der Waals surface area contributed by atoms with Crippen LogP contribution in [0.25, 0.3) is 0 Å². The lowest BCUT2D eigenvalue weighted by molar-refractivity contribution is 0.166. The summed E-state index contributed by atoms with van der Waals surface area (Å²) in [5, 5.41) is 9.84. The predicted octanol–water partition coefficient (Wildman–Crippen LogP) is 3.36. The van der Waals surface area contributed by atoms with Crippen LogP contribution in [0.5, 0.6) is 0 Å². The molecule has 0 radical (unpaired) electrons. The topological polar surface area (TPSA) is 20.2 Å². The summed E-state index contributed by atoms with van der Waals surface area (Å²) in [6, 6.07) is 6.18. The summed E-state index contributed by atoms with van der Waals surface area (Å²) in [5.41, 5.74) is 3.41. The first-order chi connectivity index (χ1) is 6.63. The smallest absolute Gasteiger partial charge is 0.0790 e. The molecule has 0 spiro atoms. The van der Waals surface area contributed by atoms with Crippen molar-refractivity contribution in [1.82, 2.24) is 0 Å². The molecule has 0 aliphatic heterocycles. The lowest BCUT2D eigenvalue weighted by Gasteiger charge is -2.11. The number of aliphatic hydroxyl groups is 1. The van der Waals surface area contributed by atoms with Gasteiger partial charge >= 0.3 is 0 Å². The zero-order valence-corrected chi connectivity index (χ0v) is 9.51. The van der Waals surface area contributed by atoms with Crippen molar-refractivity contribution in [3.8, 4) is 0 Å². The van der Waals surface area contributed by atoms with Crippen molar-refractivity contribution < 1.29 is 5.11 Å². The minimum Gasteiger partial charge on any atom is -0.388 e. The third-order valence-electron chi connectivity index (χ3n) is 2.24. The lowest BCUT2D eigenvalue weighted by Crippen LogP contribution is -1.99. The van der Waals surface area contributed by atoms with Crippen molar-refractivity contribution in [3.63, 3.8) is 0 Å². The Bertz CT molecular complexity index is 276. The summed E-state index contributed by atoms with van der Waals surface area (Å²) >= 11 is 5.58. The van der Waals surface area contributed by atoms with Crippen LogP contribution in [0, 0.1) is 13.8 Å². The van der Waals surface area contributed by atoms with E-state index < -0.39 is 0 Å². The molecule has 0 aliphatic rings. The van der Waals surface area contributed by atoms with Gasteiger partial charge in [0.2, 0.25) is 0 Å². The van der Waals surface area contributed by atoms with Crippen LogP contribution in [0.3, 0.4) is 0 Å². The molecule has 2 heteroatoms. The van der Waals surface area contributed by atoms with Gasteiger partial charge in [-0.25, -0.2) is 0 Å². The first kappa shape index (κ1) is 11.5. The van der Waals surface area contributed by atoms with Crippen LogP contribution in [0.1, 0.15) is 35.6 Å². The molecule has 0 aromatic heterocycles. The van der Waals surface area contributed by atoms with Crippen LogP contribution in [0.15, 0.2) is 18.2 Å². The summed E-state index contributed by atoms with van der Waals surface area (Å²) in [4.78, 5) is 0. The highest BCUT2D eigenvalue weighted by Crippen LogP contribution is 2.21. The van der Waals surface area contributed by atoms with Crippen LogP contribution in [0.4, 0.5) is 0 Å². The largest absolute Gasteiger partial charge is 0.388 e. The monoisotopic (exact) mass is 212 g/mol. The highest BCUT2D eigenvalue weighted by molar-refractivity contribution is 6.17. The molecule has 0 aliphatic carbocycles. The molecule has 0 fully saturated rings. The van der Waals surface area contributed by atoms with E-state index in [0.29, 0.717) is 5.88 Å². The number of rotatable bonds is 4. The maximum Gasteiger partial charge on any atom is 0.0790 e. The van der Waals surface area contributed by atoms with Gasteiger partial charge < -0.3 is 5.11 Å². The zero-order valence-electron chi connectivity index (χ0n) is 8.76. The number of benzene rings is 1. The number of aryl methyl sites for hydroxylation is 2. The Morgan fingerprint density at radius 2 is 1.79 bits per heavy atom. The van der Waals surface area contributed by atoms with Gasteiger partial charge in [0.25, 0.3) is 0 Å². The van der Waals surface area contributed by atoms with E-state index in [4.69, 9.17) is 11.6 Å². The van der Waals surface area contributed by atoms with Crippen molar-refractivity contribution in [1.29, 1.82) is 0 Å². The van der Waals surface area contributed by atoms with Crippen LogP contribution < -0.4 is 0 Å². The molecule has 1 nitrogen and oxygen atoms in total. The Hall–Kier alpha value is -0.530. The normalized spacial score (nSPS) is 12.9. The van der Waals surface area contributed by atoms with E-state index in [1.165, 1.54) is 11.1 Å². The summed E-state index contributed by atoms with van der Waals surface area (Å²) < 4.78 is 0. The highest BCUT2D eigenvalue weighted by atomic mass is 35.5. The van der Waals surface area contributed by atoms with E-state index in [0.717, 1.165) is 18.4 Å². The Kier molecular flexibility index (Phi) is 4.43. The van der Waals surface area contributed by atoms with E-state index in [1.807, 2.05) is 26.0 Å². The molecule has 14 heavy (non-hydrogen) atoms. The van der Waals surface area contributed by atoms with Gasteiger partial charge in [-0.2, -0.15) is 0 Å². The predicted molar refractivity (Wildman–Crippen MR) is 60.8 cm³/mol. The molecule has 0 heterocycles. The van der Waals surface area contributed by atoms with E-state index in [2.05, 4.69) is 6.07 Å². The summed E-state index contributed by atoms with van der Waals surface area (Å²) in [6.45, 7) is 4.09. The molecular weight excluding hydrogens is 196 g/mol. The molecule has 0 saturated heterocycles. The molecule has 0 saturated carbocycles. The van der Waals surface area contributed by atoms with Crippen molar-refractivity contribution in [3.05, 3.63) is 34.9 Å². The molecule has 0 bridgehead atoms. The fourth-order valence-electron chi connectivity index (χ4n) is 1.64. The first-order valence-corrected chi connectivity index (χ1v) is 5.49. The number of alkyl halides is 1. The minimum atomic E-state index is -0.368. The number of hydrogen-bond donors (Lipinski definition) is 1. The van der Waals surface area contributed by atoms with Crippen LogP contribution in [-0.2, 0) is 0 Å². The highest BCUT2D eigenvalue weighted by Gasteiger charge is 2.07. The van der Waals surface area contributed by atoms with Gasteiger partial charge in [0.15, 0.2) is 0 Å². The fraction of sp³-hybridized carbons (Fsp3) is 0.500. The average Bonchev–Trinajstić information content (AvgIpc) is 2.12. The second-order valence-electron chi connectivity index (χ2n) is 3.77. The molecule has 1 aromatic rings. The van der Waals surface area contributed by atoms with Gasteiger partial charge in [-0.15, -0.1) is 11.6 Å². The lowest BCUT2D eigenvalue weighted by atomic mass is 10.0.